The van der Waals surface area contributed by atoms with Gasteiger partial charge in [-0.15, -0.1) is 0 Å². The third kappa shape index (κ3) is 4.42. The van der Waals surface area contributed by atoms with Crippen molar-refractivity contribution in [3.05, 3.63) is 51.8 Å². The minimum atomic E-state index is 0.426. The number of rotatable bonds is 7. The highest BCUT2D eigenvalue weighted by Crippen LogP contribution is 2.19. The van der Waals surface area contributed by atoms with Crippen LogP contribution in [-0.2, 0) is 19.4 Å². The normalized spacial score (nSPS) is 12.6. The number of benzene rings is 1. The zero-order valence-corrected chi connectivity index (χ0v) is 14.7. The molecule has 0 aliphatic carbocycles. The standard InChI is InChI=1S/C17H24BrN3/c1-4-19-15(11-14-8-6-7-9-17(14)18)12-16-10-13(3)20-21(16)5-2/h6-10,15,19H,4-5,11-12H2,1-3H3. The Morgan fingerprint density at radius 2 is 2.00 bits per heavy atom. The molecule has 21 heavy (non-hydrogen) atoms. The van der Waals surface area contributed by atoms with Gasteiger partial charge in [0.25, 0.3) is 0 Å². The molecule has 0 bridgehead atoms. The molecule has 2 rings (SSSR count). The molecular weight excluding hydrogens is 326 g/mol. The highest BCUT2D eigenvalue weighted by molar-refractivity contribution is 9.10. The van der Waals surface area contributed by atoms with Crippen molar-refractivity contribution in [2.24, 2.45) is 0 Å². The summed E-state index contributed by atoms with van der Waals surface area (Å²) in [5, 5.41) is 8.15. The van der Waals surface area contributed by atoms with Gasteiger partial charge in [-0.25, -0.2) is 0 Å². The predicted molar refractivity (Wildman–Crippen MR) is 91.7 cm³/mol. The van der Waals surface area contributed by atoms with Gasteiger partial charge < -0.3 is 5.32 Å². The van der Waals surface area contributed by atoms with Crippen LogP contribution in [0.15, 0.2) is 34.8 Å². The maximum absolute atomic E-state index is 4.55. The Morgan fingerprint density at radius 1 is 1.24 bits per heavy atom. The molecule has 2 aromatic rings. The van der Waals surface area contributed by atoms with Crippen LogP contribution in [0.5, 0.6) is 0 Å². The van der Waals surface area contributed by atoms with E-state index in [-0.39, 0.29) is 0 Å². The van der Waals surface area contributed by atoms with Crippen molar-refractivity contribution in [1.82, 2.24) is 15.1 Å². The summed E-state index contributed by atoms with van der Waals surface area (Å²) in [7, 11) is 0. The van der Waals surface area contributed by atoms with Crippen LogP contribution in [0, 0.1) is 6.92 Å². The van der Waals surface area contributed by atoms with Gasteiger partial charge in [0.15, 0.2) is 0 Å². The van der Waals surface area contributed by atoms with Crippen LogP contribution in [-0.4, -0.2) is 22.4 Å². The Balaban J connectivity index is 2.13. The molecule has 114 valence electrons. The van der Waals surface area contributed by atoms with E-state index >= 15 is 0 Å². The highest BCUT2D eigenvalue weighted by Gasteiger charge is 2.14. The van der Waals surface area contributed by atoms with Gasteiger partial charge in [0.1, 0.15) is 0 Å². The second-order valence-corrected chi connectivity index (χ2v) is 6.20. The van der Waals surface area contributed by atoms with Crippen LogP contribution in [0.4, 0.5) is 0 Å². The maximum atomic E-state index is 4.55. The fourth-order valence-electron chi connectivity index (χ4n) is 2.72. The number of aromatic nitrogens is 2. The van der Waals surface area contributed by atoms with Gasteiger partial charge in [0.05, 0.1) is 5.69 Å². The molecule has 1 unspecified atom stereocenters. The van der Waals surface area contributed by atoms with Crippen LogP contribution in [0.3, 0.4) is 0 Å². The minimum absolute atomic E-state index is 0.426. The monoisotopic (exact) mass is 349 g/mol. The topological polar surface area (TPSA) is 29.9 Å². The number of nitrogens with zero attached hydrogens (tertiary/aromatic N) is 2. The van der Waals surface area contributed by atoms with E-state index in [9.17, 15) is 0 Å². The molecular formula is C17H24BrN3. The van der Waals surface area contributed by atoms with Gasteiger partial charge in [-0.3, -0.25) is 4.68 Å². The molecule has 1 aromatic carbocycles. The van der Waals surface area contributed by atoms with Crippen molar-refractivity contribution < 1.29 is 0 Å². The number of likely N-dealkylation sites (N-methyl/N-ethyl adjacent to an activating group) is 1. The largest absolute Gasteiger partial charge is 0.314 e. The van der Waals surface area contributed by atoms with Crippen molar-refractivity contribution >= 4 is 15.9 Å². The molecule has 1 aromatic heterocycles. The fourth-order valence-corrected chi connectivity index (χ4v) is 3.17. The van der Waals surface area contributed by atoms with Crippen LogP contribution in [0.1, 0.15) is 30.8 Å². The van der Waals surface area contributed by atoms with E-state index in [0.717, 1.165) is 31.6 Å². The molecule has 0 spiro atoms. The molecule has 0 radical (unpaired) electrons. The molecule has 1 N–H and O–H groups in total. The van der Waals surface area contributed by atoms with Gasteiger partial charge in [0, 0.05) is 29.2 Å². The van der Waals surface area contributed by atoms with Gasteiger partial charge in [-0.05, 0) is 44.5 Å². The van der Waals surface area contributed by atoms with Crippen molar-refractivity contribution in [2.75, 3.05) is 6.54 Å². The summed E-state index contributed by atoms with van der Waals surface area (Å²) >= 11 is 3.65. The third-order valence-corrected chi connectivity index (χ3v) is 4.43. The molecule has 0 saturated carbocycles. The summed E-state index contributed by atoms with van der Waals surface area (Å²) in [6.07, 6.45) is 2.02. The number of aryl methyl sites for hydroxylation is 2. The van der Waals surface area contributed by atoms with E-state index in [1.807, 2.05) is 0 Å². The lowest BCUT2D eigenvalue weighted by Gasteiger charge is -2.19. The van der Waals surface area contributed by atoms with E-state index < -0.39 is 0 Å². The van der Waals surface area contributed by atoms with E-state index in [1.54, 1.807) is 0 Å². The molecule has 0 aliphatic rings. The number of hydrogen-bond acceptors (Lipinski definition) is 2. The first-order valence-corrected chi connectivity index (χ1v) is 8.43. The zero-order valence-electron chi connectivity index (χ0n) is 13.1. The summed E-state index contributed by atoms with van der Waals surface area (Å²) < 4.78 is 3.30. The van der Waals surface area contributed by atoms with E-state index in [2.05, 4.69) is 82.1 Å². The Morgan fingerprint density at radius 3 is 2.67 bits per heavy atom. The van der Waals surface area contributed by atoms with E-state index in [0.29, 0.717) is 6.04 Å². The van der Waals surface area contributed by atoms with E-state index in [4.69, 9.17) is 0 Å². The van der Waals surface area contributed by atoms with Crippen molar-refractivity contribution in [3.63, 3.8) is 0 Å². The highest BCUT2D eigenvalue weighted by atomic mass is 79.9. The van der Waals surface area contributed by atoms with Crippen LogP contribution >= 0.6 is 15.9 Å². The van der Waals surface area contributed by atoms with Crippen LogP contribution < -0.4 is 5.32 Å². The number of halogens is 1. The van der Waals surface area contributed by atoms with Gasteiger partial charge in [0.2, 0.25) is 0 Å². The van der Waals surface area contributed by atoms with Crippen LogP contribution in [0.2, 0.25) is 0 Å². The second kappa shape index (κ2) is 7.76. The number of nitrogens with one attached hydrogen (secondary N) is 1. The second-order valence-electron chi connectivity index (χ2n) is 5.35. The molecule has 3 nitrogen and oxygen atoms in total. The summed E-state index contributed by atoms with van der Waals surface area (Å²) in [6.45, 7) is 8.28. The van der Waals surface area contributed by atoms with Gasteiger partial charge in [-0.2, -0.15) is 5.10 Å². The number of hydrogen-bond donors (Lipinski definition) is 1. The first-order chi connectivity index (χ1) is 10.1. The molecule has 0 fully saturated rings. The average Bonchev–Trinajstić information content (AvgIpc) is 2.81. The van der Waals surface area contributed by atoms with Crippen LogP contribution in [0.25, 0.3) is 0 Å². The first-order valence-electron chi connectivity index (χ1n) is 7.64. The molecule has 4 heteroatoms. The van der Waals surface area contributed by atoms with Gasteiger partial charge in [-0.1, -0.05) is 41.1 Å². The first kappa shape index (κ1) is 16.2. The summed E-state index contributed by atoms with van der Waals surface area (Å²) in [5.74, 6) is 0. The molecule has 0 amide bonds. The maximum Gasteiger partial charge on any atom is 0.0596 e. The summed E-state index contributed by atoms with van der Waals surface area (Å²) in [6, 6.07) is 11.1. The minimum Gasteiger partial charge on any atom is -0.314 e. The zero-order chi connectivity index (χ0) is 15.2. The smallest absolute Gasteiger partial charge is 0.0596 e. The Labute approximate surface area is 135 Å². The summed E-state index contributed by atoms with van der Waals surface area (Å²) in [4.78, 5) is 0. The Bertz CT molecular complexity index is 577. The lowest BCUT2D eigenvalue weighted by atomic mass is 10.0. The fraction of sp³-hybridized carbons (Fsp3) is 0.471. The van der Waals surface area contributed by atoms with Crippen molar-refractivity contribution in [3.8, 4) is 0 Å². The van der Waals surface area contributed by atoms with Crippen molar-refractivity contribution in [1.29, 1.82) is 0 Å². The van der Waals surface area contributed by atoms with Gasteiger partial charge >= 0.3 is 0 Å². The average molecular weight is 350 g/mol. The predicted octanol–water partition coefficient (Wildman–Crippen LogP) is 3.74. The summed E-state index contributed by atoms with van der Waals surface area (Å²) in [5.41, 5.74) is 3.76. The lowest BCUT2D eigenvalue weighted by molar-refractivity contribution is 0.495. The molecule has 0 aliphatic heterocycles. The lowest BCUT2D eigenvalue weighted by Crippen LogP contribution is -2.33. The quantitative estimate of drug-likeness (QED) is 0.825. The Kier molecular flexibility index (Phi) is 6.00. The van der Waals surface area contributed by atoms with E-state index in [1.165, 1.54) is 15.7 Å². The molecule has 1 atom stereocenters. The molecule has 0 saturated heterocycles. The Hall–Kier alpha value is -1.13. The van der Waals surface area contributed by atoms with Crippen molar-refractivity contribution in [2.45, 2.75) is 46.2 Å². The molecule has 1 heterocycles. The SMILES string of the molecule is CCNC(Cc1ccccc1Br)Cc1cc(C)nn1CC. The third-order valence-electron chi connectivity index (χ3n) is 3.66.